The van der Waals surface area contributed by atoms with Crippen LogP contribution in [0.4, 0.5) is 11.4 Å². The highest BCUT2D eigenvalue weighted by Crippen LogP contribution is 2.50. The van der Waals surface area contributed by atoms with Gasteiger partial charge in [-0.1, -0.05) is 65.7 Å². The number of ether oxygens (including phenoxy) is 2. The average Bonchev–Trinajstić information content (AvgIpc) is 3.46. The molecule has 0 unspecified atom stereocenters. The summed E-state index contributed by atoms with van der Waals surface area (Å²) in [7, 11) is 0. The Labute approximate surface area is 241 Å². The highest BCUT2D eigenvalue weighted by Gasteiger charge is 2.37. The maximum absolute atomic E-state index is 6.11. The quantitative estimate of drug-likeness (QED) is 0.176. The Balaban J connectivity index is 1.15. The third-order valence-electron chi connectivity index (χ3n) is 7.68. The molecule has 0 fully saturated rings. The predicted octanol–water partition coefficient (Wildman–Crippen LogP) is 9.20. The van der Waals surface area contributed by atoms with Gasteiger partial charge in [-0.05, 0) is 97.0 Å². The number of aliphatic imine (C=N–C) groups is 1. The topological polar surface area (TPSA) is 42.8 Å². The zero-order valence-corrected chi connectivity index (χ0v) is 23.6. The van der Waals surface area contributed by atoms with Crippen molar-refractivity contribution in [2.24, 2.45) is 10.9 Å². The van der Waals surface area contributed by atoms with Gasteiger partial charge in [-0.3, -0.25) is 4.99 Å². The fourth-order valence-corrected chi connectivity index (χ4v) is 5.95. The molecule has 4 nitrogen and oxygen atoms in total. The summed E-state index contributed by atoms with van der Waals surface area (Å²) in [6, 6.07) is 29.2. The Kier molecular flexibility index (Phi) is 7.61. The Morgan fingerprint density at radius 2 is 1.82 bits per heavy atom. The van der Waals surface area contributed by atoms with Crippen LogP contribution in [0.1, 0.15) is 53.1 Å². The molecule has 0 amide bonds. The lowest BCUT2D eigenvalue weighted by Crippen LogP contribution is -2.29. The van der Waals surface area contributed by atoms with Crippen LogP contribution in [0.25, 0.3) is 0 Å². The summed E-state index contributed by atoms with van der Waals surface area (Å²) in [5.74, 6) is 2.39. The van der Waals surface area contributed by atoms with Crippen molar-refractivity contribution in [1.82, 2.24) is 0 Å². The molecule has 6 rings (SSSR count). The normalized spacial score (nSPS) is 19.2. The number of allylic oxidation sites excluding steroid dienone is 2. The molecule has 1 aliphatic heterocycles. The van der Waals surface area contributed by atoms with E-state index in [0.29, 0.717) is 41.6 Å². The van der Waals surface area contributed by atoms with Crippen molar-refractivity contribution in [3.8, 4) is 11.5 Å². The Hall–Kier alpha value is -4.02. The third-order valence-corrected chi connectivity index (χ3v) is 7.92. The van der Waals surface area contributed by atoms with Gasteiger partial charge in [0.1, 0.15) is 6.61 Å². The second-order valence-electron chi connectivity index (χ2n) is 10.5. The molecule has 40 heavy (non-hydrogen) atoms. The molecule has 1 heterocycles. The largest absolute Gasteiger partial charge is 0.490 e. The van der Waals surface area contributed by atoms with Crippen LogP contribution in [0, 0.1) is 12.8 Å². The van der Waals surface area contributed by atoms with Gasteiger partial charge in [0.15, 0.2) is 11.5 Å². The molecular formula is C35H33ClN2O2. The van der Waals surface area contributed by atoms with Crippen LogP contribution in [0.3, 0.4) is 0 Å². The van der Waals surface area contributed by atoms with Crippen molar-refractivity contribution in [2.45, 2.75) is 38.8 Å². The lowest BCUT2D eigenvalue weighted by molar-refractivity contribution is 0.269. The minimum absolute atomic E-state index is 0.279. The summed E-state index contributed by atoms with van der Waals surface area (Å²) in [6.45, 7) is 5.10. The first-order chi connectivity index (χ1) is 19.6. The first kappa shape index (κ1) is 26.2. The molecule has 2 aliphatic rings. The molecule has 3 atom stereocenters. The van der Waals surface area contributed by atoms with Crippen LogP contribution in [0.2, 0.25) is 5.02 Å². The van der Waals surface area contributed by atoms with Crippen LogP contribution < -0.4 is 14.8 Å². The smallest absolute Gasteiger partial charge is 0.161 e. The van der Waals surface area contributed by atoms with E-state index in [1.165, 1.54) is 22.4 Å². The standard InChI is InChI=1S/C35H33ClN2O2/c1-3-39-34-20-24(11-17-33(34)40-22-25-6-4-7-27(36)19-25)21-37-28-14-12-26(13-15-28)35-30-9-5-8-29(30)31-18-23(2)10-16-32(31)38-35/h4-8,10-21,29-30,35,38H,3,9,22H2,1-2H3/t29-,30-,35-/m0/s1. The van der Waals surface area contributed by atoms with Gasteiger partial charge >= 0.3 is 0 Å². The summed E-state index contributed by atoms with van der Waals surface area (Å²) in [6.07, 6.45) is 7.69. The van der Waals surface area contributed by atoms with Gasteiger partial charge in [0.2, 0.25) is 0 Å². The predicted molar refractivity (Wildman–Crippen MR) is 165 cm³/mol. The molecule has 1 aliphatic carbocycles. The van der Waals surface area contributed by atoms with E-state index >= 15 is 0 Å². The van der Waals surface area contributed by atoms with Crippen molar-refractivity contribution in [3.63, 3.8) is 0 Å². The molecule has 1 N–H and O–H groups in total. The van der Waals surface area contributed by atoms with E-state index in [0.717, 1.165) is 23.2 Å². The van der Waals surface area contributed by atoms with Crippen molar-refractivity contribution >= 4 is 29.2 Å². The first-order valence-corrected chi connectivity index (χ1v) is 14.3. The van der Waals surface area contributed by atoms with Crippen LogP contribution in [-0.4, -0.2) is 12.8 Å². The van der Waals surface area contributed by atoms with E-state index in [1.807, 2.05) is 55.6 Å². The van der Waals surface area contributed by atoms with E-state index in [9.17, 15) is 0 Å². The number of nitrogens with one attached hydrogen (secondary N) is 1. The van der Waals surface area contributed by atoms with E-state index in [-0.39, 0.29) is 6.04 Å². The minimum Gasteiger partial charge on any atom is -0.490 e. The van der Waals surface area contributed by atoms with Crippen LogP contribution in [0.15, 0.2) is 102 Å². The second-order valence-corrected chi connectivity index (χ2v) is 10.9. The molecule has 0 aromatic heterocycles. The van der Waals surface area contributed by atoms with Gasteiger partial charge in [0.25, 0.3) is 0 Å². The molecule has 0 saturated heterocycles. The van der Waals surface area contributed by atoms with E-state index in [4.69, 9.17) is 26.1 Å². The molecule has 0 spiro atoms. The summed E-state index contributed by atoms with van der Waals surface area (Å²) in [5, 5.41) is 4.52. The Bertz CT molecular complexity index is 1560. The van der Waals surface area contributed by atoms with E-state index in [2.05, 4.69) is 66.9 Å². The molecule has 0 bridgehead atoms. The molecule has 0 saturated carbocycles. The average molecular weight is 549 g/mol. The maximum atomic E-state index is 6.11. The highest BCUT2D eigenvalue weighted by atomic mass is 35.5. The number of anilines is 1. The lowest BCUT2D eigenvalue weighted by Gasteiger charge is -2.37. The molecule has 4 aromatic rings. The number of nitrogens with zero attached hydrogens (tertiary/aromatic N) is 1. The van der Waals surface area contributed by atoms with Crippen molar-refractivity contribution in [2.75, 3.05) is 11.9 Å². The Morgan fingerprint density at radius 1 is 0.950 bits per heavy atom. The number of hydrogen-bond acceptors (Lipinski definition) is 4. The maximum Gasteiger partial charge on any atom is 0.161 e. The highest BCUT2D eigenvalue weighted by molar-refractivity contribution is 6.30. The zero-order valence-electron chi connectivity index (χ0n) is 22.8. The van der Waals surface area contributed by atoms with Crippen LogP contribution in [-0.2, 0) is 6.61 Å². The molecular weight excluding hydrogens is 516 g/mol. The van der Waals surface area contributed by atoms with Crippen molar-refractivity contribution in [1.29, 1.82) is 0 Å². The van der Waals surface area contributed by atoms with Crippen molar-refractivity contribution < 1.29 is 9.47 Å². The SMILES string of the molecule is CCOc1cc(C=Nc2ccc([C@@H]3Nc4ccc(C)cc4[C@H]4C=CC[C@@H]43)cc2)ccc1OCc1cccc(Cl)c1. The second kappa shape index (κ2) is 11.6. The third kappa shape index (κ3) is 5.64. The van der Waals surface area contributed by atoms with Gasteiger partial charge in [-0.15, -0.1) is 0 Å². The summed E-state index contributed by atoms with van der Waals surface area (Å²) < 4.78 is 11.9. The summed E-state index contributed by atoms with van der Waals surface area (Å²) in [5.41, 5.74) is 8.14. The molecule has 202 valence electrons. The first-order valence-electron chi connectivity index (χ1n) is 13.9. The minimum atomic E-state index is 0.279. The van der Waals surface area contributed by atoms with Crippen LogP contribution >= 0.6 is 11.6 Å². The fourth-order valence-electron chi connectivity index (χ4n) is 5.74. The van der Waals surface area contributed by atoms with Gasteiger partial charge in [0.05, 0.1) is 18.3 Å². The number of halogens is 1. The Morgan fingerprint density at radius 3 is 2.65 bits per heavy atom. The monoisotopic (exact) mass is 548 g/mol. The number of benzene rings is 4. The van der Waals surface area contributed by atoms with Crippen molar-refractivity contribution in [3.05, 3.63) is 130 Å². The van der Waals surface area contributed by atoms with Gasteiger partial charge < -0.3 is 14.8 Å². The zero-order chi connectivity index (χ0) is 27.5. The number of aryl methyl sites for hydroxylation is 1. The molecule has 5 heteroatoms. The fraction of sp³-hybridized carbons (Fsp3) is 0.229. The lowest BCUT2D eigenvalue weighted by atomic mass is 9.76. The molecule has 4 aromatic carbocycles. The number of fused-ring (bicyclic) bond motifs is 3. The summed E-state index contributed by atoms with van der Waals surface area (Å²) >= 11 is 6.11. The van der Waals surface area contributed by atoms with Gasteiger partial charge in [-0.25, -0.2) is 0 Å². The van der Waals surface area contributed by atoms with E-state index < -0.39 is 0 Å². The molecule has 0 radical (unpaired) electrons. The van der Waals surface area contributed by atoms with Gasteiger partial charge in [0, 0.05) is 22.8 Å². The van der Waals surface area contributed by atoms with E-state index in [1.54, 1.807) is 0 Å². The number of rotatable bonds is 8. The number of hydrogen-bond donors (Lipinski definition) is 1. The van der Waals surface area contributed by atoms with Gasteiger partial charge in [-0.2, -0.15) is 0 Å². The van der Waals surface area contributed by atoms with Crippen LogP contribution in [0.5, 0.6) is 11.5 Å². The summed E-state index contributed by atoms with van der Waals surface area (Å²) in [4.78, 5) is 4.74.